The summed E-state index contributed by atoms with van der Waals surface area (Å²) in [6.07, 6.45) is 3.34. The Morgan fingerprint density at radius 1 is 1.22 bits per heavy atom. The lowest BCUT2D eigenvalue weighted by atomic mass is 9.49. The number of para-hydroxylation sites is 1. The molecule has 3 aliphatic carbocycles. The molecule has 4 atom stereocenters. The van der Waals surface area contributed by atoms with E-state index in [1.165, 1.54) is 12.8 Å². The number of nitrogens with one attached hydrogen (secondary N) is 1. The second-order valence-electron chi connectivity index (χ2n) is 10.8. The average Bonchev–Trinajstić information content (AvgIpc) is 3.60. The molecule has 0 aromatic heterocycles. The zero-order chi connectivity index (χ0) is 23.9. The number of hydrogen-bond donors (Lipinski definition) is 3. The largest absolute Gasteiger partial charge is 0.504 e. The van der Waals surface area contributed by atoms with Crippen molar-refractivity contribution < 1.29 is 24.5 Å². The lowest BCUT2D eigenvalue weighted by Gasteiger charge is -2.62. The predicted octanol–water partition coefficient (Wildman–Crippen LogP) is 3.74. The Labute approximate surface area is 211 Å². The molecule has 2 aliphatic heterocycles. The van der Waals surface area contributed by atoms with Crippen molar-refractivity contribution in [2.24, 2.45) is 5.92 Å². The maximum absolute atomic E-state index is 13.6. The van der Waals surface area contributed by atoms with E-state index in [4.69, 9.17) is 9.47 Å². The summed E-state index contributed by atoms with van der Waals surface area (Å²) in [5, 5.41) is 26.5. The SMILES string of the molecule is C.COC1=C(C(=O)Nc2ccccc2)C[C@@]2(O)[C@H]3Cc4ccc(O)c5c4[C@@]2(CCN3CC2CC2)[C@H]1O5. The molecule has 2 fully saturated rings. The molecule has 36 heavy (non-hydrogen) atoms. The van der Waals surface area contributed by atoms with Crippen LogP contribution < -0.4 is 10.1 Å². The van der Waals surface area contributed by atoms with Gasteiger partial charge in [-0.1, -0.05) is 31.7 Å². The third kappa shape index (κ3) is 2.96. The minimum absolute atomic E-state index is 0. The molecule has 0 unspecified atom stereocenters. The number of carbonyl (C=O) groups excluding carboxylic acids is 1. The molecule has 7 heteroatoms. The first-order valence-corrected chi connectivity index (χ1v) is 12.6. The molecule has 2 bridgehead atoms. The second-order valence-corrected chi connectivity index (χ2v) is 10.8. The fourth-order valence-corrected chi connectivity index (χ4v) is 7.31. The molecule has 190 valence electrons. The van der Waals surface area contributed by atoms with Gasteiger partial charge in [0.25, 0.3) is 5.91 Å². The van der Waals surface area contributed by atoms with Crippen LogP contribution >= 0.6 is 0 Å². The van der Waals surface area contributed by atoms with E-state index in [2.05, 4.69) is 10.2 Å². The predicted molar refractivity (Wildman–Crippen MR) is 136 cm³/mol. The summed E-state index contributed by atoms with van der Waals surface area (Å²) in [6.45, 7) is 1.82. The lowest BCUT2D eigenvalue weighted by molar-refractivity contribution is -0.173. The van der Waals surface area contributed by atoms with Gasteiger partial charge in [-0.05, 0) is 61.9 Å². The number of likely N-dealkylation sites (tertiary alicyclic amines) is 1. The molecule has 2 aromatic rings. The van der Waals surface area contributed by atoms with E-state index in [0.717, 1.165) is 24.2 Å². The highest BCUT2D eigenvalue weighted by Gasteiger charge is 2.73. The number of hydrogen-bond acceptors (Lipinski definition) is 6. The first kappa shape index (κ1) is 23.4. The number of phenols is 1. The van der Waals surface area contributed by atoms with Gasteiger partial charge in [-0.25, -0.2) is 0 Å². The number of carbonyl (C=O) groups is 1. The van der Waals surface area contributed by atoms with Crippen molar-refractivity contribution >= 4 is 11.6 Å². The highest BCUT2D eigenvalue weighted by atomic mass is 16.5. The number of ether oxygens (including phenoxy) is 2. The molecular formula is C29H34N2O5. The molecule has 2 heterocycles. The quantitative estimate of drug-likeness (QED) is 0.592. The van der Waals surface area contributed by atoms with E-state index in [1.54, 1.807) is 13.2 Å². The van der Waals surface area contributed by atoms with E-state index < -0.39 is 17.1 Å². The Bertz CT molecular complexity index is 1260. The number of anilines is 1. The topological polar surface area (TPSA) is 91.3 Å². The monoisotopic (exact) mass is 490 g/mol. The van der Waals surface area contributed by atoms with Gasteiger partial charge in [0, 0.05) is 30.3 Å². The van der Waals surface area contributed by atoms with Gasteiger partial charge in [-0.15, -0.1) is 0 Å². The Balaban J connectivity index is 0.00000240. The van der Waals surface area contributed by atoms with Gasteiger partial charge in [0.05, 0.1) is 23.7 Å². The molecule has 7 nitrogen and oxygen atoms in total. The van der Waals surface area contributed by atoms with Crippen LogP contribution in [0.4, 0.5) is 5.69 Å². The van der Waals surface area contributed by atoms with Crippen LogP contribution in [0.2, 0.25) is 0 Å². The van der Waals surface area contributed by atoms with Gasteiger partial charge < -0.3 is 25.0 Å². The van der Waals surface area contributed by atoms with Crippen molar-refractivity contribution in [1.82, 2.24) is 4.90 Å². The molecule has 5 aliphatic rings. The number of rotatable bonds is 5. The zero-order valence-corrected chi connectivity index (χ0v) is 19.8. The van der Waals surface area contributed by atoms with Crippen molar-refractivity contribution in [3.05, 3.63) is 64.9 Å². The van der Waals surface area contributed by atoms with Gasteiger partial charge in [-0.3, -0.25) is 9.69 Å². The second kappa shape index (κ2) is 7.98. The maximum atomic E-state index is 13.6. The molecule has 3 N–H and O–H groups in total. The highest BCUT2D eigenvalue weighted by Crippen LogP contribution is 2.66. The molecular weight excluding hydrogens is 456 g/mol. The van der Waals surface area contributed by atoms with Crippen LogP contribution in [-0.2, 0) is 21.4 Å². The average molecular weight is 491 g/mol. The van der Waals surface area contributed by atoms with E-state index in [-0.39, 0.29) is 31.5 Å². The van der Waals surface area contributed by atoms with Gasteiger partial charge in [0.1, 0.15) is 5.76 Å². The van der Waals surface area contributed by atoms with Crippen LogP contribution in [0.25, 0.3) is 0 Å². The molecule has 1 saturated carbocycles. The van der Waals surface area contributed by atoms with Gasteiger partial charge in [0.2, 0.25) is 0 Å². The first-order valence-electron chi connectivity index (χ1n) is 12.6. The Hall–Kier alpha value is -3.03. The van der Waals surface area contributed by atoms with Crippen LogP contribution in [0.5, 0.6) is 11.5 Å². The third-order valence-corrected chi connectivity index (χ3v) is 9.02. The molecule has 1 saturated heterocycles. The van der Waals surface area contributed by atoms with Gasteiger partial charge >= 0.3 is 0 Å². The summed E-state index contributed by atoms with van der Waals surface area (Å²) in [5.41, 5.74) is 1.13. The summed E-state index contributed by atoms with van der Waals surface area (Å²) in [6, 6.07) is 12.8. The molecule has 1 spiro atoms. The van der Waals surface area contributed by atoms with Crippen LogP contribution in [0.15, 0.2) is 53.8 Å². The summed E-state index contributed by atoms with van der Waals surface area (Å²) < 4.78 is 12.3. The van der Waals surface area contributed by atoms with Crippen LogP contribution in [0.3, 0.4) is 0 Å². The number of aliphatic hydroxyl groups is 1. The van der Waals surface area contributed by atoms with Crippen molar-refractivity contribution in [1.29, 1.82) is 0 Å². The zero-order valence-electron chi connectivity index (χ0n) is 19.8. The fourth-order valence-electron chi connectivity index (χ4n) is 7.31. The standard InChI is InChI=1S/C28H30N2O5.CH4/c1-34-23-19(26(32)29-18-5-3-2-4-6-18)14-28(33)21-13-17-9-10-20(31)24-22(17)27(28,25(23)35-24)11-12-30(21)15-16-7-8-16;/h2-6,9-10,16,21,25,31,33H,7-8,11-15H2,1H3,(H,29,32);1H4/t21-,25+,27+,28-;/m1./s1. The van der Waals surface area contributed by atoms with Crippen molar-refractivity contribution in [3.63, 3.8) is 0 Å². The van der Waals surface area contributed by atoms with Crippen LogP contribution in [0, 0.1) is 5.92 Å². The number of piperidine rings is 1. The normalized spacial score (nSPS) is 31.7. The summed E-state index contributed by atoms with van der Waals surface area (Å²) in [7, 11) is 1.56. The minimum Gasteiger partial charge on any atom is -0.504 e. The summed E-state index contributed by atoms with van der Waals surface area (Å²) >= 11 is 0. The summed E-state index contributed by atoms with van der Waals surface area (Å²) in [4.78, 5) is 16.0. The van der Waals surface area contributed by atoms with Crippen LogP contribution in [-0.4, -0.2) is 59.0 Å². The Morgan fingerprint density at radius 3 is 2.72 bits per heavy atom. The number of nitrogens with zero attached hydrogens (tertiary/aromatic N) is 1. The first-order chi connectivity index (χ1) is 17.0. The smallest absolute Gasteiger partial charge is 0.255 e. The maximum Gasteiger partial charge on any atom is 0.255 e. The fraction of sp³-hybridized carbons (Fsp3) is 0.483. The minimum atomic E-state index is -1.22. The number of aromatic hydroxyl groups is 1. The van der Waals surface area contributed by atoms with Gasteiger partial charge in [-0.2, -0.15) is 0 Å². The number of phenolic OH excluding ortho intramolecular Hbond substituents is 1. The lowest BCUT2D eigenvalue weighted by Crippen LogP contribution is -2.75. The third-order valence-electron chi connectivity index (χ3n) is 9.02. The molecule has 2 aromatic carbocycles. The number of amides is 1. The highest BCUT2D eigenvalue weighted by molar-refractivity contribution is 6.04. The molecule has 0 radical (unpaired) electrons. The molecule has 7 rings (SSSR count). The Morgan fingerprint density at radius 2 is 2.00 bits per heavy atom. The van der Waals surface area contributed by atoms with E-state index in [9.17, 15) is 15.0 Å². The Kier molecular flexibility index (Phi) is 5.18. The molecule has 1 amide bonds. The van der Waals surface area contributed by atoms with E-state index >= 15 is 0 Å². The van der Waals surface area contributed by atoms with Crippen molar-refractivity contribution in [3.8, 4) is 11.5 Å². The van der Waals surface area contributed by atoms with Crippen molar-refractivity contribution in [2.45, 2.75) is 62.7 Å². The summed E-state index contributed by atoms with van der Waals surface area (Å²) in [5.74, 6) is 1.34. The van der Waals surface area contributed by atoms with E-state index in [0.29, 0.717) is 41.5 Å². The number of methoxy groups -OCH3 is 1. The van der Waals surface area contributed by atoms with Gasteiger partial charge in [0.15, 0.2) is 17.6 Å². The van der Waals surface area contributed by atoms with E-state index in [1.807, 2.05) is 36.4 Å². The van der Waals surface area contributed by atoms with Crippen LogP contribution in [0.1, 0.15) is 44.2 Å². The van der Waals surface area contributed by atoms with Crippen molar-refractivity contribution in [2.75, 3.05) is 25.5 Å². The number of benzene rings is 2.